The van der Waals surface area contributed by atoms with Crippen molar-refractivity contribution in [3.8, 4) is 5.75 Å². The molecule has 5 nitrogen and oxygen atoms in total. The van der Waals surface area contributed by atoms with Gasteiger partial charge in [-0.15, -0.1) is 0 Å². The van der Waals surface area contributed by atoms with Crippen molar-refractivity contribution in [1.82, 2.24) is 0 Å². The lowest BCUT2D eigenvalue weighted by molar-refractivity contribution is -0.0416. The van der Waals surface area contributed by atoms with E-state index in [4.69, 9.17) is 16.3 Å². The molecule has 2 fully saturated rings. The molecule has 0 saturated heterocycles. The Hall–Kier alpha value is -1.56. The summed E-state index contributed by atoms with van der Waals surface area (Å²) in [6.07, 6.45) is 2.61. The number of carbonyl (C=O) groups excluding carboxylic acids is 1. The van der Waals surface area contributed by atoms with Gasteiger partial charge in [-0.1, -0.05) is 39.3 Å². The number of phenolic OH excluding ortho intramolecular Hbond substituents is 1. The highest BCUT2D eigenvalue weighted by Gasteiger charge is 2.62. The number of hydrogen-bond acceptors (Lipinski definition) is 5. The third-order valence-electron chi connectivity index (χ3n) is 8.33. The number of fused-ring (bicyclic) bond motifs is 3. The van der Waals surface area contributed by atoms with Gasteiger partial charge in [0.05, 0.1) is 18.2 Å². The summed E-state index contributed by atoms with van der Waals surface area (Å²) in [5, 5.41) is 30.3. The minimum atomic E-state index is -0.625. The van der Waals surface area contributed by atoms with E-state index in [1.54, 1.807) is 6.92 Å². The average Bonchev–Trinajstić information content (AvgIpc) is 3.03. The fourth-order valence-electron chi connectivity index (χ4n) is 6.83. The number of esters is 1. The first-order valence-electron chi connectivity index (χ1n) is 11.1. The van der Waals surface area contributed by atoms with E-state index in [0.717, 1.165) is 30.4 Å². The van der Waals surface area contributed by atoms with E-state index in [2.05, 4.69) is 27.7 Å². The maximum Gasteiger partial charge on any atom is 0.342 e. The molecule has 2 saturated carbocycles. The highest BCUT2D eigenvalue weighted by molar-refractivity contribution is 6.32. The van der Waals surface area contributed by atoms with Crippen LogP contribution in [0.3, 0.4) is 0 Å². The maximum atomic E-state index is 13.0. The second-order valence-electron chi connectivity index (χ2n) is 10.8. The number of rotatable bonds is 4. The van der Waals surface area contributed by atoms with Crippen LogP contribution in [-0.4, -0.2) is 34.0 Å². The Kier molecular flexibility index (Phi) is 5.47. The van der Waals surface area contributed by atoms with E-state index < -0.39 is 12.1 Å². The fourth-order valence-corrected chi connectivity index (χ4v) is 7.04. The highest BCUT2D eigenvalue weighted by atomic mass is 35.5. The lowest BCUT2D eigenvalue weighted by Crippen LogP contribution is -2.55. The summed E-state index contributed by atoms with van der Waals surface area (Å²) in [5.74, 6) is 0.448. The Bertz CT molecular complexity index is 965. The third-order valence-corrected chi connectivity index (χ3v) is 8.85. The quantitative estimate of drug-likeness (QED) is 0.456. The van der Waals surface area contributed by atoms with Crippen LogP contribution in [0.4, 0.5) is 0 Å². The highest BCUT2D eigenvalue weighted by Crippen LogP contribution is 2.68. The maximum absolute atomic E-state index is 13.0. The summed E-state index contributed by atoms with van der Waals surface area (Å²) >= 11 is 6.26. The van der Waals surface area contributed by atoms with Gasteiger partial charge in [0, 0.05) is 5.56 Å². The fraction of sp³-hybridized carbons (Fsp3) is 0.640. The summed E-state index contributed by atoms with van der Waals surface area (Å²) in [6.45, 7) is 10.4. The molecule has 0 radical (unpaired) electrons. The monoisotopic (exact) mass is 448 g/mol. The number of hydrogen-bond donors (Lipinski definition) is 3. The van der Waals surface area contributed by atoms with Crippen LogP contribution in [0.15, 0.2) is 17.2 Å². The Balaban J connectivity index is 1.65. The third kappa shape index (κ3) is 3.32. The molecule has 4 rings (SSSR count). The van der Waals surface area contributed by atoms with Crippen molar-refractivity contribution in [2.24, 2.45) is 28.6 Å². The summed E-state index contributed by atoms with van der Waals surface area (Å²) in [6, 6.07) is 1.31. The molecule has 170 valence electrons. The SMILES string of the molecule is Cc1c(Cl)c(CO)cc(O)c1C(=O)O[C@@H]1C[C@@]2(C)C1=C(CO)[C@@H](C)[C@@H]1CC(C)(C)C[C@@H]12. The first kappa shape index (κ1) is 22.6. The normalized spacial score (nSPS) is 33.5. The van der Waals surface area contributed by atoms with Crippen molar-refractivity contribution >= 4 is 17.6 Å². The van der Waals surface area contributed by atoms with Crippen LogP contribution in [0.1, 0.15) is 68.4 Å². The van der Waals surface area contributed by atoms with Crippen LogP contribution in [0, 0.1) is 35.5 Å². The number of aliphatic hydroxyl groups is 2. The molecule has 31 heavy (non-hydrogen) atoms. The predicted octanol–water partition coefficient (Wildman–Crippen LogP) is 4.77. The zero-order chi connectivity index (χ0) is 22.9. The van der Waals surface area contributed by atoms with Gasteiger partial charge in [0.2, 0.25) is 0 Å². The summed E-state index contributed by atoms with van der Waals surface area (Å²) < 4.78 is 5.89. The van der Waals surface area contributed by atoms with Gasteiger partial charge in [0.1, 0.15) is 17.4 Å². The van der Waals surface area contributed by atoms with Crippen LogP contribution >= 0.6 is 11.6 Å². The standard InChI is InChI=1S/C25H33ClO5/c1-12-15-7-24(3,4)8-17(15)25(5)9-19(21(25)16(12)11-28)31-23(30)20-13(2)22(26)14(10-27)6-18(20)29/h6,12,15,17,19,27-29H,7-11H2,1-5H3/t12-,15-,17-,19+,25+/m0/s1. The molecule has 3 N–H and O–H groups in total. The van der Waals surface area contributed by atoms with Crippen molar-refractivity contribution < 1.29 is 24.9 Å². The first-order valence-corrected chi connectivity index (χ1v) is 11.5. The lowest BCUT2D eigenvalue weighted by Gasteiger charge is -2.58. The van der Waals surface area contributed by atoms with E-state index in [1.807, 2.05) is 0 Å². The molecule has 0 aromatic heterocycles. The second kappa shape index (κ2) is 7.50. The molecule has 0 unspecified atom stereocenters. The minimum absolute atomic E-state index is 0.0227. The predicted molar refractivity (Wildman–Crippen MR) is 119 cm³/mol. The molecule has 3 aliphatic rings. The van der Waals surface area contributed by atoms with E-state index in [0.29, 0.717) is 23.0 Å². The second-order valence-corrected chi connectivity index (χ2v) is 11.1. The topological polar surface area (TPSA) is 87.0 Å². The van der Waals surface area contributed by atoms with Crippen molar-refractivity contribution in [3.63, 3.8) is 0 Å². The van der Waals surface area contributed by atoms with Gasteiger partial charge in [-0.25, -0.2) is 4.79 Å². The van der Waals surface area contributed by atoms with E-state index in [-0.39, 0.29) is 46.3 Å². The van der Waals surface area contributed by atoms with Gasteiger partial charge in [-0.2, -0.15) is 0 Å². The number of benzene rings is 1. The summed E-state index contributed by atoms with van der Waals surface area (Å²) in [4.78, 5) is 13.0. The molecule has 0 spiro atoms. The number of aliphatic hydroxyl groups excluding tert-OH is 2. The van der Waals surface area contributed by atoms with Crippen LogP contribution < -0.4 is 0 Å². The molecular weight excluding hydrogens is 416 g/mol. The molecule has 1 aromatic carbocycles. The smallest absolute Gasteiger partial charge is 0.342 e. The van der Waals surface area contributed by atoms with Crippen LogP contribution in [0.2, 0.25) is 5.02 Å². The molecule has 0 heterocycles. The molecule has 3 aliphatic carbocycles. The number of phenols is 1. The molecule has 1 aromatic rings. The van der Waals surface area contributed by atoms with Crippen LogP contribution in [0.5, 0.6) is 5.75 Å². The number of carbonyl (C=O) groups is 1. The zero-order valence-corrected chi connectivity index (χ0v) is 19.7. The number of aromatic hydroxyl groups is 1. The van der Waals surface area contributed by atoms with E-state index in [1.165, 1.54) is 6.07 Å². The van der Waals surface area contributed by atoms with Crippen molar-refractivity contribution in [1.29, 1.82) is 0 Å². The Labute approximate surface area is 189 Å². The first-order chi connectivity index (χ1) is 14.4. The van der Waals surface area contributed by atoms with Gasteiger partial charge in [-0.05, 0) is 77.5 Å². The number of ether oxygens (including phenoxy) is 1. The molecule has 0 amide bonds. The molecule has 0 bridgehead atoms. The molecule has 0 aliphatic heterocycles. The zero-order valence-electron chi connectivity index (χ0n) is 19.0. The Morgan fingerprint density at radius 1 is 1.19 bits per heavy atom. The van der Waals surface area contributed by atoms with Crippen molar-refractivity contribution in [2.75, 3.05) is 6.61 Å². The molecule has 6 heteroatoms. The van der Waals surface area contributed by atoms with E-state index in [9.17, 15) is 20.1 Å². The van der Waals surface area contributed by atoms with Gasteiger partial charge >= 0.3 is 5.97 Å². The largest absolute Gasteiger partial charge is 0.507 e. The summed E-state index contributed by atoms with van der Waals surface area (Å²) in [7, 11) is 0. The lowest BCUT2D eigenvalue weighted by atomic mass is 9.48. The Morgan fingerprint density at radius 3 is 2.48 bits per heavy atom. The minimum Gasteiger partial charge on any atom is -0.507 e. The van der Waals surface area contributed by atoms with Crippen LogP contribution in [-0.2, 0) is 11.3 Å². The van der Waals surface area contributed by atoms with Crippen molar-refractivity contribution in [2.45, 2.75) is 66.6 Å². The van der Waals surface area contributed by atoms with E-state index >= 15 is 0 Å². The Morgan fingerprint density at radius 2 is 1.87 bits per heavy atom. The van der Waals surface area contributed by atoms with Gasteiger partial charge in [0.25, 0.3) is 0 Å². The van der Waals surface area contributed by atoms with Gasteiger partial charge in [-0.3, -0.25) is 0 Å². The molecular formula is C25H33ClO5. The molecule has 5 atom stereocenters. The van der Waals surface area contributed by atoms with Gasteiger partial charge < -0.3 is 20.1 Å². The average molecular weight is 449 g/mol. The number of halogens is 1. The van der Waals surface area contributed by atoms with Crippen LogP contribution in [0.25, 0.3) is 0 Å². The summed E-state index contributed by atoms with van der Waals surface area (Å²) in [5.41, 5.74) is 3.09. The van der Waals surface area contributed by atoms with Crippen molar-refractivity contribution in [3.05, 3.63) is 38.9 Å². The van der Waals surface area contributed by atoms with Gasteiger partial charge in [0.15, 0.2) is 0 Å².